The van der Waals surface area contributed by atoms with Crippen molar-refractivity contribution in [2.24, 2.45) is 0 Å². The molecule has 18 heavy (non-hydrogen) atoms. The van der Waals surface area contributed by atoms with Crippen LogP contribution in [0, 0.1) is 6.92 Å². The van der Waals surface area contributed by atoms with Crippen LogP contribution in [0.5, 0.6) is 0 Å². The summed E-state index contributed by atoms with van der Waals surface area (Å²) in [6, 6.07) is 4.67. The molecule has 1 aromatic heterocycles. The number of nitrogens with one attached hydrogen (secondary N) is 1. The molecule has 0 spiro atoms. The van der Waals surface area contributed by atoms with Crippen LogP contribution < -0.4 is 5.32 Å². The highest BCUT2D eigenvalue weighted by Gasteiger charge is 2.09. The van der Waals surface area contributed by atoms with E-state index in [2.05, 4.69) is 38.2 Å². The second-order valence-corrected chi connectivity index (χ2v) is 6.40. The van der Waals surface area contributed by atoms with Gasteiger partial charge in [-0.05, 0) is 32.4 Å². The SMILES string of the molecule is CCCCCCC(O)CNC(C)c1ccc(C)s1. The van der Waals surface area contributed by atoms with Gasteiger partial charge in [-0.2, -0.15) is 0 Å². The predicted octanol–water partition coefficient (Wildman–Crippen LogP) is 4.04. The van der Waals surface area contributed by atoms with E-state index in [9.17, 15) is 5.11 Å². The molecule has 1 aromatic rings. The van der Waals surface area contributed by atoms with Crippen LogP contribution in [0.4, 0.5) is 0 Å². The standard InChI is InChI=1S/C15H27NOS/c1-4-5-6-7-8-14(17)11-16-13(3)15-10-9-12(2)18-15/h9-10,13-14,16-17H,4-8,11H2,1-3H3. The van der Waals surface area contributed by atoms with Crippen LogP contribution in [0.1, 0.15) is 61.7 Å². The minimum absolute atomic E-state index is 0.203. The molecule has 0 aliphatic rings. The summed E-state index contributed by atoms with van der Waals surface area (Å²) >= 11 is 1.83. The van der Waals surface area contributed by atoms with Crippen molar-refractivity contribution >= 4 is 11.3 Å². The first-order valence-corrected chi connectivity index (χ1v) is 7.93. The van der Waals surface area contributed by atoms with Gasteiger partial charge in [0, 0.05) is 22.3 Å². The van der Waals surface area contributed by atoms with Crippen molar-refractivity contribution in [3.05, 3.63) is 21.9 Å². The number of thiophene rings is 1. The molecule has 0 radical (unpaired) electrons. The topological polar surface area (TPSA) is 32.3 Å². The zero-order chi connectivity index (χ0) is 13.4. The van der Waals surface area contributed by atoms with E-state index in [1.165, 1.54) is 29.0 Å². The van der Waals surface area contributed by atoms with Crippen molar-refractivity contribution in [3.8, 4) is 0 Å². The van der Waals surface area contributed by atoms with Gasteiger partial charge in [0.05, 0.1) is 6.10 Å². The van der Waals surface area contributed by atoms with Crippen LogP contribution in [0.2, 0.25) is 0 Å². The molecule has 2 N–H and O–H groups in total. The summed E-state index contributed by atoms with van der Waals surface area (Å²) in [5.74, 6) is 0. The minimum Gasteiger partial charge on any atom is -0.392 e. The van der Waals surface area contributed by atoms with Gasteiger partial charge in [-0.25, -0.2) is 0 Å². The molecule has 2 atom stereocenters. The van der Waals surface area contributed by atoms with E-state index in [-0.39, 0.29) is 6.10 Å². The highest BCUT2D eigenvalue weighted by Crippen LogP contribution is 2.22. The molecular weight excluding hydrogens is 242 g/mol. The lowest BCUT2D eigenvalue weighted by atomic mass is 10.1. The van der Waals surface area contributed by atoms with Crippen LogP contribution in [0.3, 0.4) is 0 Å². The van der Waals surface area contributed by atoms with Crippen molar-refractivity contribution in [2.45, 2.75) is 65.0 Å². The Morgan fingerprint density at radius 1 is 1.28 bits per heavy atom. The van der Waals surface area contributed by atoms with Gasteiger partial charge in [0.1, 0.15) is 0 Å². The summed E-state index contributed by atoms with van der Waals surface area (Å²) in [6.45, 7) is 7.20. The Hall–Kier alpha value is -0.380. The minimum atomic E-state index is -0.203. The van der Waals surface area contributed by atoms with Gasteiger partial charge in [-0.3, -0.25) is 0 Å². The summed E-state index contributed by atoms with van der Waals surface area (Å²) in [6.07, 6.45) is 5.64. The van der Waals surface area contributed by atoms with Gasteiger partial charge >= 0.3 is 0 Å². The second kappa shape index (κ2) is 8.68. The smallest absolute Gasteiger partial charge is 0.0664 e. The molecule has 0 saturated carbocycles. The zero-order valence-corrected chi connectivity index (χ0v) is 12.7. The number of hydrogen-bond donors (Lipinski definition) is 2. The molecule has 1 heterocycles. The lowest BCUT2D eigenvalue weighted by Crippen LogP contribution is -2.28. The Labute approximate surface area is 115 Å². The lowest BCUT2D eigenvalue weighted by molar-refractivity contribution is 0.154. The maximum Gasteiger partial charge on any atom is 0.0664 e. The first-order valence-electron chi connectivity index (χ1n) is 7.11. The molecule has 0 aliphatic carbocycles. The van der Waals surface area contributed by atoms with Crippen LogP contribution in [-0.4, -0.2) is 17.8 Å². The zero-order valence-electron chi connectivity index (χ0n) is 11.9. The van der Waals surface area contributed by atoms with E-state index in [4.69, 9.17) is 0 Å². The molecular formula is C15H27NOS. The maximum atomic E-state index is 9.89. The highest BCUT2D eigenvalue weighted by molar-refractivity contribution is 7.12. The molecule has 1 rings (SSSR count). The molecule has 0 aromatic carbocycles. The number of aliphatic hydroxyl groups excluding tert-OH is 1. The van der Waals surface area contributed by atoms with Crippen molar-refractivity contribution in [1.29, 1.82) is 0 Å². The van der Waals surface area contributed by atoms with E-state index in [0.29, 0.717) is 12.6 Å². The van der Waals surface area contributed by atoms with E-state index in [1.807, 2.05) is 11.3 Å². The van der Waals surface area contributed by atoms with E-state index >= 15 is 0 Å². The third kappa shape index (κ3) is 5.98. The second-order valence-electron chi connectivity index (χ2n) is 5.08. The molecule has 104 valence electrons. The largest absolute Gasteiger partial charge is 0.392 e. The monoisotopic (exact) mass is 269 g/mol. The Morgan fingerprint density at radius 2 is 2.06 bits per heavy atom. The molecule has 3 heteroatoms. The molecule has 0 saturated heterocycles. The van der Waals surface area contributed by atoms with Gasteiger partial charge < -0.3 is 10.4 Å². The first kappa shape index (κ1) is 15.7. The first-order chi connectivity index (χ1) is 8.63. The van der Waals surface area contributed by atoms with Gasteiger partial charge in [0.15, 0.2) is 0 Å². The quantitative estimate of drug-likeness (QED) is 0.663. The molecule has 0 aliphatic heterocycles. The normalized spacial score (nSPS) is 14.7. The van der Waals surface area contributed by atoms with E-state index < -0.39 is 0 Å². The van der Waals surface area contributed by atoms with Crippen molar-refractivity contribution in [2.75, 3.05) is 6.54 Å². The number of aliphatic hydroxyl groups is 1. The summed E-state index contributed by atoms with van der Waals surface area (Å²) in [5.41, 5.74) is 0. The Kier molecular flexibility index (Phi) is 7.56. The van der Waals surface area contributed by atoms with Gasteiger partial charge in [-0.15, -0.1) is 11.3 Å². The van der Waals surface area contributed by atoms with Crippen molar-refractivity contribution < 1.29 is 5.11 Å². The Morgan fingerprint density at radius 3 is 2.67 bits per heavy atom. The molecule has 0 amide bonds. The Balaban J connectivity index is 2.15. The van der Waals surface area contributed by atoms with E-state index in [1.54, 1.807) is 0 Å². The summed E-state index contributed by atoms with van der Waals surface area (Å²) in [7, 11) is 0. The van der Waals surface area contributed by atoms with Crippen LogP contribution in [0.15, 0.2) is 12.1 Å². The van der Waals surface area contributed by atoms with Crippen LogP contribution in [0.25, 0.3) is 0 Å². The Bertz CT molecular complexity index is 324. The van der Waals surface area contributed by atoms with Gasteiger partial charge in [-0.1, -0.05) is 32.6 Å². The molecule has 2 unspecified atom stereocenters. The van der Waals surface area contributed by atoms with Crippen molar-refractivity contribution in [1.82, 2.24) is 5.32 Å². The fraction of sp³-hybridized carbons (Fsp3) is 0.733. The number of hydrogen-bond acceptors (Lipinski definition) is 3. The number of unbranched alkanes of at least 4 members (excludes halogenated alkanes) is 3. The molecule has 0 bridgehead atoms. The lowest BCUT2D eigenvalue weighted by Gasteiger charge is -2.16. The summed E-state index contributed by atoms with van der Waals surface area (Å²) in [4.78, 5) is 2.70. The summed E-state index contributed by atoms with van der Waals surface area (Å²) < 4.78 is 0. The number of rotatable bonds is 9. The van der Waals surface area contributed by atoms with Gasteiger partial charge in [0.25, 0.3) is 0 Å². The predicted molar refractivity (Wildman–Crippen MR) is 80.2 cm³/mol. The average molecular weight is 269 g/mol. The third-order valence-corrected chi connectivity index (χ3v) is 4.42. The molecule has 0 fully saturated rings. The van der Waals surface area contributed by atoms with Crippen LogP contribution in [-0.2, 0) is 0 Å². The van der Waals surface area contributed by atoms with Crippen molar-refractivity contribution in [3.63, 3.8) is 0 Å². The third-order valence-electron chi connectivity index (χ3n) is 3.24. The van der Waals surface area contributed by atoms with Crippen LogP contribution >= 0.6 is 11.3 Å². The maximum absolute atomic E-state index is 9.89. The number of aryl methyl sites for hydroxylation is 1. The summed E-state index contributed by atoms with van der Waals surface area (Å²) in [5, 5.41) is 13.3. The van der Waals surface area contributed by atoms with Gasteiger partial charge in [0.2, 0.25) is 0 Å². The fourth-order valence-electron chi connectivity index (χ4n) is 2.01. The average Bonchev–Trinajstić information content (AvgIpc) is 2.78. The molecule has 2 nitrogen and oxygen atoms in total. The fourth-order valence-corrected chi connectivity index (χ4v) is 2.91. The van der Waals surface area contributed by atoms with E-state index in [0.717, 1.165) is 12.8 Å². The highest BCUT2D eigenvalue weighted by atomic mass is 32.1.